The van der Waals surface area contributed by atoms with Crippen molar-refractivity contribution in [3.8, 4) is 11.1 Å². The van der Waals surface area contributed by atoms with Crippen molar-refractivity contribution in [1.82, 2.24) is 16.0 Å². The van der Waals surface area contributed by atoms with E-state index in [1.54, 1.807) is 6.92 Å². The first-order chi connectivity index (χ1) is 31.0. The van der Waals surface area contributed by atoms with Gasteiger partial charge in [-0.2, -0.15) is 0 Å². The number of nitrogens with one attached hydrogen (secondary N) is 3. The zero-order chi connectivity index (χ0) is 46.9. The lowest BCUT2D eigenvalue weighted by molar-refractivity contribution is -0.148. The van der Waals surface area contributed by atoms with E-state index in [2.05, 4.69) is 98.3 Å². The standard InChI is InChI=1S/C53H63N3O7SSi/c1-35(2)46(56-51(60)62-33-44-42-31-21-19-29-40(42)41-30-20-22-32-43(41)44)49(58)54-45(48(57)55-47(50(59)61-7)36(3)63-65(8,9)52(4,5)6)34-64-53(37-23-13-10-14-24-37,38-25-15-11-16-26-38)39-27-17-12-18-28-39/h10-32,35-36,44-47H,33-34H2,1-9H3,(H,54,58)(H,55,57)(H,56,60)/t36-,45-,46-,47+/m1/s1. The molecule has 6 rings (SSSR count). The molecule has 12 heteroatoms. The molecule has 0 aliphatic heterocycles. The monoisotopic (exact) mass is 913 g/mol. The lowest BCUT2D eigenvalue weighted by Gasteiger charge is -2.40. The first kappa shape index (κ1) is 48.8. The Bertz CT molecular complexity index is 2270. The predicted octanol–water partition coefficient (Wildman–Crippen LogP) is 9.83. The van der Waals surface area contributed by atoms with E-state index >= 15 is 0 Å². The molecule has 342 valence electrons. The van der Waals surface area contributed by atoms with Crippen LogP contribution in [0.25, 0.3) is 11.1 Å². The highest BCUT2D eigenvalue weighted by molar-refractivity contribution is 8.00. The summed E-state index contributed by atoms with van der Waals surface area (Å²) in [7, 11) is -1.16. The highest BCUT2D eigenvalue weighted by atomic mass is 32.2. The number of alkyl carbamates (subject to hydrolysis) is 1. The Morgan fingerprint density at radius 3 is 1.54 bits per heavy atom. The predicted molar refractivity (Wildman–Crippen MR) is 262 cm³/mol. The molecule has 0 fully saturated rings. The van der Waals surface area contributed by atoms with Crippen LogP contribution < -0.4 is 16.0 Å². The van der Waals surface area contributed by atoms with E-state index in [0.29, 0.717) is 0 Å². The Balaban J connectivity index is 1.31. The molecule has 65 heavy (non-hydrogen) atoms. The molecule has 0 saturated carbocycles. The second-order valence-electron chi connectivity index (χ2n) is 18.4. The molecule has 0 heterocycles. The summed E-state index contributed by atoms with van der Waals surface area (Å²) in [4.78, 5) is 56.6. The largest absolute Gasteiger partial charge is 0.467 e. The van der Waals surface area contributed by atoms with Gasteiger partial charge in [-0.1, -0.05) is 174 Å². The summed E-state index contributed by atoms with van der Waals surface area (Å²) in [6, 6.07) is 42.8. The van der Waals surface area contributed by atoms with Crippen LogP contribution in [-0.4, -0.2) is 75.9 Å². The number of hydrogen-bond acceptors (Lipinski definition) is 8. The van der Waals surface area contributed by atoms with Gasteiger partial charge in [-0.15, -0.1) is 11.8 Å². The SMILES string of the molecule is COC(=O)[C@@H](NC(=O)[C@@H](CSC(c1ccccc1)(c1ccccc1)c1ccccc1)NC(=O)[C@H](NC(=O)OCC1c2ccccc2-c2ccccc21)C(C)C)[C@@H](C)O[Si](C)(C)C(C)(C)C. The van der Waals surface area contributed by atoms with Crippen LogP contribution in [0, 0.1) is 5.92 Å². The summed E-state index contributed by atoms with van der Waals surface area (Å²) in [6.07, 6.45) is -1.51. The van der Waals surface area contributed by atoms with Crippen molar-refractivity contribution in [1.29, 1.82) is 0 Å². The summed E-state index contributed by atoms with van der Waals surface area (Å²) in [5.41, 5.74) is 7.24. The third-order valence-electron chi connectivity index (χ3n) is 12.7. The van der Waals surface area contributed by atoms with E-state index in [4.69, 9.17) is 13.9 Å². The van der Waals surface area contributed by atoms with Crippen molar-refractivity contribution < 1.29 is 33.1 Å². The van der Waals surface area contributed by atoms with Crippen LogP contribution in [0.15, 0.2) is 140 Å². The maximum atomic E-state index is 14.9. The number of thioether (sulfide) groups is 1. The van der Waals surface area contributed by atoms with Crippen molar-refractivity contribution in [2.24, 2.45) is 5.92 Å². The van der Waals surface area contributed by atoms with Crippen LogP contribution in [0.1, 0.15) is 75.3 Å². The van der Waals surface area contributed by atoms with Gasteiger partial charge in [0, 0.05) is 11.7 Å². The third kappa shape index (κ3) is 11.1. The Morgan fingerprint density at radius 2 is 1.09 bits per heavy atom. The summed E-state index contributed by atoms with van der Waals surface area (Å²) in [5.74, 6) is -2.39. The molecule has 0 bridgehead atoms. The van der Waals surface area contributed by atoms with Gasteiger partial charge in [0.2, 0.25) is 11.8 Å². The lowest BCUT2D eigenvalue weighted by Crippen LogP contribution is -2.60. The lowest BCUT2D eigenvalue weighted by atomic mass is 9.84. The molecule has 1 aliphatic rings. The maximum Gasteiger partial charge on any atom is 0.407 e. The van der Waals surface area contributed by atoms with Gasteiger partial charge in [0.1, 0.15) is 18.7 Å². The normalized spacial score (nSPS) is 14.6. The van der Waals surface area contributed by atoms with Gasteiger partial charge in [-0.05, 0) is 69.9 Å². The van der Waals surface area contributed by atoms with Gasteiger partial charge in [0.05, 0.1) is 18.0 Å². The molecular formula is C53H63N3O7SSi. The first-order valence-corrected chi connectivity index (χ1v) is 26.2. The van der Waals surface area contributed by atoms with Crippen molar-refractivity contribution in [2.75, 3.05) is 19.5 Å². The minimum Gasteiger partial charge on any atom is -0.467 e. The molecule has 3 N–H and O–H groups in total. The molecule has 0 spiro atoms. The quantitative estimate of drug-likeness (QED) is 0.0450. The number of esters is 1. The van der Waals surface area contributed by atoms with Crippen LogP contribution in [0.3, 0.4) is 0 Å². The Hall–Kier alpha value is -5.69. The van der Waals surface area contributed by atoms with E-state index in [0.717, 1.165) is 38.9 Å². The Labute approximate surface area is 389 Å². The molecule has 10 nitrogen and oxygen atoms in total. The molecular weight excluding hydrogens is 851 g/mol. The van der Waals surface area contributed by atoms with Crippen LogP contribution in [0.4, 0.5) is 4.79 Å². The molecule has 0 unspecified atom stereocenters. The van der Waals surface area contributed by atoms with Crippen molar-refractivity contribution in [3.05, 3.63) is 167 Å². The smallest absolute Gasteiger partial charge is 0.407 e. The number of amides is 3. The van der Waals surface area contributed by atoms with Gasteiger partial charge < -0.3 is 29.9 Å². The summed E-state index contributed by atoms with van der Waals surface area (Å²) < 4.78 is 16.9. The van der Waals surface area contributed by atoms with Crippen LogP contribution in [0.5, 0.6) is 0 Å². The topological polar surface area (TPSA) is 132 Å². The molecule has 0 saturated heterocycles. The second kappa shape index (κ2) is 21.1. The van der Waals surface area contributed by atoms with Crippen LogP contribution in [0.2, 0.25) is 18.1 Å². The van der Waals surface area contributed by atoms with E-state index in [9.17, 15) is 19.2 Å². The second-order valence-corrected chi connectivity index (χ2v) is 24.4. The average molecular weight is 914 g/mol. The fourth-order valence-corrected chi connectivity index (χ4v) is 11.2. The van der Waals surface area contributed by atoms with Gasteiger partial charge >= 0.3 is 12.1 Å². The van der Waals surface area contributed by atoms with E-state index in [1.807, 2.05) is 105 Å². The number of hydrogen-bond donors (Lipinski definition) is 3. The highest BCUT2D eigenvalue weighted by Gasteiger charge is 2.44. The number of carbonyl (C=O) groups is 4. The van der Waals surface area contributed by atoms with Gasteiger partial charge in [-0.3, -0.25) is 9.59 Å². The number of fused-ring (bicyclic) bond motifs is 3. The summed E-state index contributed by atoms with van der Waals surface area (Å²) in [5, 5.41) is 8.55. The van der Waals surface area contributed by atoms with E-state index < -0.39 is 67.1 Å². The van der Waals surface area contributed by atoms with Crippen LogP contribution in [-0.2, 0) is 33.0 Å². The molecule has 5 aromatic rings. The maximum absolute atomic E-state index is 14.9. The van der Waals surface area contributed by atoms with Gasteiger partial charge in [-0.25, -0.2) is 9.59 Å². The summed E-state index contributed by atoms with van der Waals surface area (Å²) in [6.45, 7) is 15.9. The summed E-state index contributed by atoms with van der Waals surface area (Å²) >= 11 is 1.49. The molecule has 0 aromatic heterocycles. The fraction of sp³-hybridized carbons (Fsp3) is 0.358. The van der Waals surface area contributed by atoms with Crippen molar-refractivity contribution >= 4 is 44.0 Å². The van der Waals surface area contributed by atoms with Crippen molar-refractivity contribution in [3.63, 3.8) is 0 Å². The van der Waals surface area contributed by atoms with Crippen LogP contribution >= 0.6 is 11.8 Å². The first-order valence-electron chi connectivity index (χ1n) is 22.3. The fourth-order valence-electron chi connectivity index (χ4n) is 8.18. The number of ether oxygens (including phenoxy) is 2. The minimum absolute atomic E-state index is 0.0530. The minimum atomic E-state index is -2.43. The molecule has 1 aliphatic carbocycles. The van der Waals surface area contributed by atoms with Gasteiger partial charge in [0.15, 0.2) is 14.4 Å². The van der Waals surface area contributed by atoms with Crippen molar-refractivity contribution in [2.45, 2.75) is 94.6 Å². The number of rotatable bonds is 18. The molecule has 0 radical (unpaired) electrons. The molecule has 5 aromatic carbocycles. The molecule has 4 atom stereocenters. The molecule has 3 amide bonds. The Kier molecular flexibility index (Phi) is 15.8. The zero-order valence-electron chi connectivity index (χ0n) is 38.9. The number of methoxy groups -OCH3 is 1. The van der Waals surface area contributed by atoms with E-state index in [1.165, 1.54) is 18.9 Å². The third-order valence-corrected chi connectivity index (χ3v) is 18.9. The number of carbonyl (C=O) groups excluding carboxylic acids is 4. The average Bonchev–Trinajstić information content (AvgIpc) is 3.62. The number of benzene rings is 5. The highest BCUT2D eigenvalue weighted by Crippen LogP contribution is 2.49. The van der Waals surface area contributed by atoms with Gasteiger partial charge in [0.25, 0.3) is 0 Å². The van der Waals surface area contributed by atoms with E-state index in [-0.39, 0.29) is 23.3 Å². The zero-order valence-corrected chi connectivity index (χ0v) is 40.7. The Morgan fingerprint density at radius 1 is 0.631 bits per heavy atom.